The molecule has 1 aromatic rings. The first-order valence-electron chi connectivity index (χ1n) is 13.6. The van der Waals surface area contributed by atoms with Crippen LogP contribution in [0.1, 0.15) is 76.3 Å². The Morgan fingerprint density at radius 2 is 1.89 bits per heavy atom. The van der Waals surface area contributed by atoms with Gasteiger partial charge in [0.05, 0.1) is 18.6 Å². The topological polar surface area (TPSA) is 74.3 Å². The van der Waals surface area contributed by atoms with E-state index in [1.807, 2.05) is 12.1 Å². The number of carbonyl (C=O) groups is 2. The van der Waals surface area contributed by atoms with Crippen LogP contribution in [-0.2, 0) is 30.9 Å². The summed E-state index contributed by atoms with van der Waals surface area (Å²) >= 11 is 0. The number of benzene rings is 1. The monoisotopic (exact) mass is 495 g/mol. The van der Waals surface area contributed by atoms with E-state index in [-0.39, 0.29) is 23.4 Å². The Morgan fingerprint density at radius 1 is 1.14 bits per heavy atom. The van der Waals surface area contributed by atoms with Crippen LogP contribution in [-0.4, -0.2) is 55.3 Å². The quantitative estimate of drug-likeness (QED) is 0.469. The van der Waals surface area contributed by atoms with Crippen molar-refractivity contribution in [1.29, 1.82) is 0 Å². The van der Waals surface area contributed by atoms with E-state index in [0.717, 1.165) is 50.6 Å². The van der Waals surface area contributed by atoms with E-state index >= 15 is 0 Å². The van der Waals surface area contributed by atoms with E-state index in [9.17, 15) is 9.59 Å². The standard InChI is InChI=1S/C29H37NO6/c1-5-7-9-21(31)34-20-13-14-29(36-22(32)10-8-6-2)26-27(17-30(26)3)15-18-11-12-19(33-4)24-23(18)28(29,16-27)25(20)35-24/h11-13,25-26H,5-10,14-17H2,1-4H3/t25-,26+,27?,28-,29+/m0/s1. The van der Waals surface area contributed by atoms with Crippen molar-refractivity contribution in [3.05, 3.63) is 35.1 Å². The minimum absolute atomic E-state index is 0.000103. The number of likely N-dealkylation sites (tertiary alicyclic amines) is 1. The van der Waals surface area contributed by atoms with E-state index in [0.29, 0.717) is 36.5 Å². The Kier molecular flexibility index (Phi) is 5.45. The van der Waals surface area contributed by atoms with Crippen LogP contribution in [0.5, 0.6) is 11.5 Å². The third-order valence-corrected chi connectivity index (χ3v) is 9.37. The summed E-state index contributed by atoms with van der Waals surface area (Å²) < 4.78 is 25.1. The molecule has 2 heterocycles. The van der Waals surface area contributed by atoms with Crippen LogP contribution in [0.15, 0.2) is 24.0 Å². The van der Waals surface area contributed by atoms with E-state index in [2.05, 4.69) is 31.9 Å². The maximum absolute atomic E-state index is 13.3. The molecule has 1 unspecified atom stereocenters. The number of esters is 2. The van der Waals surface area contributed by atoms with Crippen LogP contribution >= 0.6 is 0 Å². The second-order valence-electron chi connectivity index (χ2n) is 11.5. The normalized spacial score (nSPS) is 34.6. The Bertz CT molecular complexity index is 1140. The highest BCUT2D eigenvalue weighted by Crippen LogP contribution is 2.76. The number of hydrogen-bond donors (Lipinski definition) is 0. The van der Waals surface area contributed by atoms with Gasteiger partial charge in [0.1, 0.15) is 11.4 Å². The Labute approximate surface area is 213 Å². The van der Waals surface area contributed by atoms with Gasteiger partial charge in [0.25, 0.3) is 0 Å². The molecule has 194 valence electrons. The van der Waals surface area contributed by atoms with Crippen LogP contribution in [0.3, 0.4) is 0 Å². The Morgan fingerprint density at radius 3 is 2.58 bits per heavy atom. The SMILES string of the molecule is CCCCC(=O)OC1=CC[C@@]2(OC(=O)CCCC)[C@@H]3N(C)CC34Cc3ccc(OC)c5c3[C@@]2(C4)[C@H]1O5. The fraction of sp³-hybridized carbons (Fsp3) is 0.655. The highest BCUT2D eigenvalue weighted by Gasteiger charge is 2.84. The van der Waals surface area contributed by atoms with Crippen molar-refractivity contribution in [3.63, 3.8) is 0 Å². The molecule has 5 atom stereocenters. The van der Waals surface area contributed by atoms with Gasteiger partial charge >= 0.3 is 11.9 Å². The highest BCUT2D eigenvalue weighted by molar-refractivity contribution is 5.74. The van der Waals surface area contributed by atoms with E-state index in [1.54, 1.807) is 7.11 Å². The Balaban J connectivity index is 1.51. The molecular weight excluding hydrogens is 458 g/mol. The number of methoxy groups -OCH3 is 1. The van der Waals surface area contributed by atoms with Crippen molar-refractivity contribution < 1.29 is 28.5 Å². The molecule has 7 heteroatoms. The lowest BCUT2D eigenvalue weighted by atomic mass is 9.59. The predicted molar refractivity (Wildman–Crippen MR) is 133 cm³/mol. The third kappa shape index (κ3) is 2.89. The molecule has 1 saturated heterocycles. The molecule has 5 aliphatic rings. The molecule has 7 nitrogen and oxygen atoms in total. The summed E-state index contributed by atoms with van der Waals surface area (Å²) in [5, 5.41) is 0. The molecule has 3 aliphatic carbocycles. The van der Waals surface area contributed by atoms with Gasteiger partial charge in [-0.3, -0.25) is 14.5 Å². The van der Waals surface area contributed by atoms with Crippen molar-refractivity contribution in [2.45, 2.75) is 94.8 Å². The summed E-state index contributed by atoms with van der Waals surface area (Å²) in [4.78, 5) is 28.4. The molecular formula is C29H37NO6. The first-order valence-corrected chi connectivity index (χ1v) is 13.6. The fourth-order valence-corrected chi connectivity index (χ4v) is 8.38. The highest BCUT2D eigenvalue weighted by atomic mass is 16.6. The lowest BCUT2D eigenvalue weighted by Gasteiger charge is -2.57. The molecule has 0 aromatic heterocycles. The molecule has 0 amide bonds. The van der Waals surface area contributed by atoms with Crippen LogP contribution in [0.2, 0.25) is 0 Å². The van der Waals surface area contributed by atoms with Crippen molar-refractivity contribution in [3.8, 4) is 11.5 Å². The van der Waals surface area contributed by atoms with Crippen LogP contribution < -0.4 is 9.47 Å². The maximum Gasteiger partial charge on any atom is 0.310 e. The smallest absolute Gasteiger partial charge is 0.310 e. The predicted octanol–water partition coefficient (Wildman–Crippen LogP) is 4.45. The average molecular weight is 496 g/mol. The number of ether oxygens (including phenoxy) is 4. The molecule has 0 radical (unpaired) electrons. The zero-order valence-corrected chi connectivity index (χ0v) is 21.9. The summed E-state index contributed by atoms with van der Waals surface area (Å²) in [7, 11) is 3.78. The van der Waals surface area contributed by atoms with Gasteiger partial charge in [-0.05, 0) is 50.4 Å². The molecule has 2 aliphatic heterocycles. The first-order chi connectivity index (χ1) is 17.4. The summed E-state index contributed by atoms with van der Waals surface area (Å²) in [6.45, 7) is 5.09. The lowest BCUT2D eigenvalue weighted by Crippen LogP contribution is -2.71. The summed E-state index contributed by atoms with van der Waals surface area (Å²) in [5.74, 6) is 1.56. The van der Waals surface area contributed by atoms with Crippen molar-refractivity contribution in [2.24, 2.45) is 5.41 Å². The molecule has 6 rings (SSSR count). The largest absolute Gasteiger partial charge is 0.493 e. The van der Waals surface area contributed by atoms with Crippen molar-refractivity contribution in [1.82, 2.24) is 4.90 Å². The zero-order valence-electron chi connectivity index (χ0n) is 21.9. The number of fused-ring (bicyclic) bond motifs is 1. The van der Waals surface area contributed by atoms with Crippen LogP contribution in [0.4, 0.5) is 0 Å². The molecule has 1 saturated carbocycles. The summed E-state index contributed by atoms with van der Waals surface area (Å²) in [5.41, 5.74) is 0.941. The van der Waals surface area contributed by atoms with Crippen LogP contribution in [0, 0.1) is 5.41 Å². The van der Waals surface area contributed by atoms with Gasteiger partial charge in [-0.1, -0.05) is 32.8 Å². The van der Waals surface area contributed by atoms with Crippen molar-refractivity contribution >= 4 is 11.9 Å². The molecule has 2 bridgehead atoms. The second-order valence-corrected chi connectivity index (χ2v) is 11.5. The molecule has 36 heavy (non-hydrogen) atoms. The summed E-state index contributed by atoms with van der Waals surface area (Å²) in [6, 6.07) is 4.22. The molecule has 1 aromatic carbocycles. The number of carbonyl (C=O) groups excluding carboxylic acids is 2. The number of rotatable bonds is 9. The molecule has 0 N–H and O–H groups in total. The van der Waals surface area contributed by atoms with Crippen molar-refractivity contribution in [2.75, 3.05) is 20.7 Å². The van der Waals surface area contributed by atoms with E-state index < -0.39 is 17.1 Å². The van der Waals surface area contributed by atoms with Gasteiger partial charge in [0, 0.05) is 36.8 Å². The zero-order chi connectivity index (χ0) is 25.3. The van der Waals surface area contributed by atoms with Gasteiger partial charge < -0.3 is 18.9 Å². The fourth-order valence-electron chi connectivity index (χ4n) is 8.38. The third-order valence-electron chi connectivity index (χ3n) is 9.37. The van der Waals surface area contributed by atoms with Gasteiger partial charge in [-0.2, -0.15) is 0 Å². The molecule has 2 spiro atoms. The Hall–Kier alpha value is -2.54. The number of likely N-dealkylation sites (N-methyl/N-ethyl adjacent to an activating group) is 1. The summed E-state index contributed by atoms with van der Waals surface area (Å²) in [6.07, 6.45) is 7.95. The average Bonchev–Trinajstić information content (AvgIpc) is 3.28. The first kappa shape index (κ1) is 23.8. The second kappa shape index (κ2) is 8.23. The minimum Gasteiger partial charge on any atom is -0.493 e. The number of unbranched alkanes of at least 4 members (excludes halogenated alkanes) is 2. The van der Waals surface area contributed by atoms with Gasteiger partial charge in [-0.25, -0.2) is 0 Å². The lowest BCUT2D eigenvalue weighted by molar-refractivity contribution is -0.193. The van der Waals surface area contributed by atoms with Gasteiger partial charge in [0.15, 0.2) is 17.6 Å². The number of hydrogen-bond acceptors (Lipinski definition) is 7. The van der Waals surface area contributed by atoms with Gasteiger partial charge in [0.2, 0.25) is 0 Å². The van der Waals surface area contributed by atoms with Gasteiger partial charge in [-0.15, -0.1) is 0 Å². The minimum atomic E-state index is -0.780. The maximum atomic E-state index is 13.3. The molecule has 2 fully saturated rings. The van der Waals surface area contributed by atoms with E-state index in [1.165, 1.54) is 5.56 Å². The van der Waals surface area contributed by atoms with E-state index in [4.69, 9.17) is 18.9 Å². The number of nitrogens with zero attached hydrogens (tertiary/aromatic N) is 1. The van der Waals surface area contributed by atoms with Crippen LogP contribution in [0.25, 0.3) is 0 Å².